The van der Waals surface area contributed by atoms with Gasteiger partial charge in [-0.05, 0) is 42.8 Å². The highest BCUT2D eigenvalue weighted by Gasteiger charge is 2.22. The molecule has 10 heteroatoms. The molecule has 0 unspecified atom stereocenters. The molecule has 3 aromatic rings. The van der Waals surface area contributed by atoms with Crippen LogP contribution in [0.5, 0.6) is 0 Å². The van der Waals surface area contributed by atoms with Crippen molar-refractivity contribution in [2.24, 2.45) is 0 Å². The molecule has 2 heterocycles. The van der Waals surface area contributed by atoms with E-state index in [2.05, 4.69) is 10.3 Å². The third-order valence-corrected chi connectivity index (χ3v) is 8.42. The van der Waals surface area contributed by atoms with Gasteiger partial charge < -0.3 is 0 Å². The van der Waals surface area contributed by atoms with Gasteiger partial charge in [0.05, 0.1) is 19.8 Å². The summed E-state index contributed by atoms with van der Waals surface area (Å²) in [5, 5.41) is 5.07. The minimum atomic E-state index is -3.57. The molecule has 0 aliphatic carbocycles. The molecule has 3 rings (SSSR count). The average molecular weight is 484 g/mol. The van der Waals surface area contributed by atoms with Gasteiger partial charge in [-0.3, -0.25) is 10.1 Å². The number of anilines is 1. The largest absolute Gasteiger partial charge is 0.298 e. The van der Waals surface area contributed by atoms with E-state index in [-0.39, 0.29) is 10.8 Å². The summed E-state index contributed by atoms with van der Waals surface area (Å²) in [5.41, 5.74) is 1.11. The second kappa shape index (κ2) is 10.0. The first-order chi connectivity index (χ1) is 14.3. The molecule has 0 bridgehead atoms. The fourth-order valence-corrected chi connectivity index (χ4v) is 6.05. The summed E-state index contributed by atoms with van der Waals surface area (Å²) in [6, 6.07) is 9.66. The summed E-state index contributed by atoms with van der Waals surface area (Å²) in [4.78, 5) is 18.1. The number of carbonyl (C=O) groups is 1. The minimum Gasteiger partial charge on any atom is -0.298 e. The molecule has 0 aliphatic heterocycles. The molecule has 0 aliphatic rings. The van der Waals surface area contributed by atoms with Crippen molar-refractivity contribution in [2.75, 3.05) is 18.4 Å². The molecular weight excluding hydrogens is 462 g/mol. The molecule has 6 nitrogen and oxygen atoms in total. The van der Waals surface area contributed by atoms with E-state index in [4.69, 9.17) is 11.6 Å². The summed E-state index contributed by atoms with van der Waals surface area (Å²) in [6.45, 7) is 4.74. The number of aromatic nitrogens is 1. The van der Waals surface area contributed by atoms with Gasteiger partial charge in [-0.25, -0.2) is 13.4 Å². The van der Waals surface area contributed by atoms with Crippen LogP contribution in [0.3, 0.4) is 0 Å². The quantitative estimate of drug-likeness (QED) is 0.430. The van der Waals surface area contributed by atoms with E-state index < -0.39 is 10.0 Å². The third-order valence-electron chi connectivity index (χ3n) is 4.42. The molecular formula is C20H22ClN3O3S3. The highest BCUT2D eigenvalue weighted by atomic mass is 35.5. The molecule has 30 heavy (non-hydrogen) atoms. The maximum absolute atomic E-state index is 12.8. The summed E-state index contributed by atoms with van der Waals surface area (Å²) in [5.74, 6) is -0.345. The van der Waals surface area contributed by atoms with Crippen molar-refractivity contribution in [3.63, 3.8) is 0 Å². The SMILES string of the molecule is CCCCN(CC)S(=O)(=O)c1ccc(C(=O)Nc2nc(-c3ccc(Cl)s3)cs2)cc1. The lowest BCUT2D eigenvalue weighted by atomic mass is 10.2. The lowest BCUT2D eigenvalue weighted by molar-refractivity contribution is 0.102. The number of rotatable bonds is 9. The van der Waals surface area contributed by atoms with Gasteiger partial charge in [0.15, 0.2) is 5.13 Å². The summed E-state index contributed by atoms with van der Waals surface area (Å²) < 4.78 is 27.7. The number of hydrogen-bond acceptors (Lipinski definition) is 6. The topological polar surface area (TPSA) is 79.4 Å². The number of amides is 1. The number of thiophene rings is 1. The van der Waals surface area contributed by atoms with Crippen LogP contribution in [0.25, 0.3) is 10.6 Å². The van der Waals surface area contributed by atoms with Gasteiger partial charge in [0, 0.05) is 24.0 Å². The summed E-state index contributed by atoms with van der Waals surface area (Å²) in [6.07, 6.45) is 1.73. The standard InChI is InChI=1S/C20H22ClN3O3S3/c1-3-5-12-24(4-2)30(26,27)15-8-6-14(7-9-15)19(25)23-20-22-16(13-28-20)17-10-11-18(21)29-17/h6-11,13H,3-5,12H2,1-2H3,(H,22,23,25). The number of nitrogens with zero attached hydrogens (tertiary/aromatic N) is 2. The van der Waals surface area contributed by atoms with Crippen molar-refractivity contribution in [1.29, 1.82) is 0 Å². The second-order valence-corrected chi connectivity index (χ2v) is 11.0. The highest BCUT2D eigenvalue weighted by molar-refractivity contribution is 7.89. The Morgan fingerprint density at radius 2 is 1.90 bits per heavy atom. The first kappa shape index (κ1) is 22.9. The number of benzene rings is 1. The van der Waals surface area contributed by atoms with E-state index >= 15 is 0 Å². The maximum Gasteiger partial charge on any atom is 0.257 e. The van der Waals surface area contributed by atoms with Crippen LogP contribution in [-0.2, 0) is 10.0 Å². The minimum absolute atomic E-state index is 0.183. The Balaban J connectivity index is 1.70. The zero-order valence-corrected chi connectivity index (χ0v) is 19.8. The molecule has 2 aromatic heterocycles. The van der Waals surface area contributed by atoms with Gasteiger partial charge in [-0.1, -0.05) is 31.9 Å². The van der Waals surface area contributed by atoms with E-state index in [1.807, 2.05) is 25.3 Å². The van der Waals surface area contributed by atoms with Crippen LogP contribution in [0.4, 0.5) is 5.13 Å². The zero-order valence-electron chi connectivity index (χ0n) is 16.6. The number of carbonyl (C=O) groups excluding carboxylic acids is 1. The van der Waals surface area contributed by atoms with Gasteiger partial charge in [0.2, 0.25) is 10.0 Å². The number of thiazole rings is 1. The Kier molecular flexibility index (Phi) is 7.65. The van der Waals surface area contributed by atoms with Gasteiger partial charge >= 0.3 is 0 Å². The van der Waals surface area contributed by atoms with E-state index in [9.17, 15) is 13.2 Å². The van der Waals surface area contributed by atoms with Crippen LogP contribution >= 0.6 is 34.3 Å². The molecule has 0 saturated carbocycles. The first-order valence-electron chi connectivity index (χ1n) is 9.48. The van der Waals surface area contributed by atoms with Crippen molar-refractivity contribution in [2.45, 2.75) is 31.6 Å². The Morgan fingerprint density at radius 1 is 1.17 bits per heavy atom. The van der Waals surface area contributed by atoms with Crippen molar-refractivity contribution in [3.05, 3.63) is 51.7 Å². The van der Waals surface area contributed by atoms with Crippen LogP contribution in [0, 0.1) is 0 Å². The van der Waals surface area contributed by atoms with E-state index in [0.29, 0.717) is 28.1 Å². The predicted octanol–water partition coefficient (Wildman–Crippen LogP) is 5.59. The van der Waals surface area contributed by atoms with E-state index in [1.165, 1.54) is 51.2 Å². The molecule has 160 valence electrons. The number of halogens is 1. The average Bonchev–Trinajstić information content (AvgIpc) is 3.37. The molecule has 0 radical (unpaired) electrons. The molecule has 0 atom stereocenters. The van der Waals surface area contributed by atoms with Crippen LogP contribution in [0.2, 0.25) is 4.34 Å². The zero-order chi connectivity index (χ0) is 21.7. The molecule has 1 N–H and O–H groups in total. The van der Waals surface area contributed by atoms with Gasteiger partial charge in [-0.15, -0.1) is 22.7 Å². The van der Waals surface area contributed by atoms with E-state index in [1.54, 1.807) is 6.07 Å². The fourth-order valence-electron chi connectivity index (χ4n) is 2.78. The van der Waals surface area contributed by atoms with Gasteiger partial charge in [0.1, 0.15) is 0 Å². The van der Waals surface area contributed by atoms with Crippen LogP contribution in [0.15, 0.2) is 46.7 Å². The molecule has 0 fully saturated rings. The Hall–Kier alpha value is -1.78. The third kappa shape index (κ3) is 5.28. The number of unbranched alkanes of at least 4 members (excludes halogenated alkanes) is 1. The van der Waals surface area contributed by atoms with Crippen LogP contribution in [-0.4, -0.2) is 36.7 Å². The van der Waals surface area contributed by atoms with Gasteiger partial charge in [-0.2, -0.15) is 4.31 Å². The lowest BCUT2D eigenvalue weighted by Crippen LogP contribution is -2.31. The maximum atomic E-state index is 12.8. The Labute approximate surface area is 189 Å². The number of hydrogen-bond donors (Lipinski definition) is 1. The molecule has 1 amide bonds. The van der Waals surface area contributed by atoms with E-state index in [0.717, 1.165) is 23.4 Å². The molecule has 0 saturated heterocycles. The fraction of sp³-hybridized carbons (Fsp3) is 0.300. The van der Waals surface area contributed by atoms with Crippen molar-refractivity contribution >= 4 is 55.3 Å². The molecule has 0 spiro atoms. The lowest BCUT2D eigenvalue weighted by Gasteiger charge is -2.20. The summed E-state index contributed by atoms with van der Waals surface area (Å²) in [7, 11) is -3.57. The van der Waals surface area contributed by atoms with Crippen molar-refractivity contribution in [1.82, 2.24) is 9.29 Å². The van der Waals surface area contributed by atoms with Crippen LogP contribution < -0.4 is 5.32 Å². The highest BCUT2D eigenvalue weighted by Crippen LogP contribution is 2.33. The van der Waals surface area contributed by atoms with Crippen LogP contribution in [0.1, 0.15) is 37.0 Å². The Bertz CT molecular complexity index is 1110. The number of nitrogens with one attached hydrogen (secondary N) is 1. The van der Waals surface area contributed by atoms with Crippen molar-refractivity contribution < 1.29 is 13.2 Å². The van der Waals surface area contributed by atoms with Gasteiger partial charge in [0.25, 0.3) is 5.91 Å². The number of sulfonamides is 1. The van der Waals surface area contributed by atoms with Crippen molar-refractivity contribution in [3.8, 4) is 10.6 Å². The Morgan fingerprint density at radius 3 is 2.50 bits per heavy atom. The smallest absolute Gasteiger partial charge is 0.257 e. The monoisotopic (exact) mass is 483 g/mol. The second-order valence-electron chi connectivity index (χ2n) is 6.47. The first-order valence-corrected chi connectivity index (χ1v) is 13.0. The molecule has 1 aromatic carbocycles. The predicted molar refractivity (Wildman–Crippen MR) is 124 cm³/mol. The summed E-state index contributed by atoms with van der Waals surface area (Å²) >= 11 is 8.69. The normalized spacial score (nSPS) is 11.7.